The second-order valence-corrected chi connectivity index (χ2v) is 9.25. The molecule has 112 valence electrons. The normalized spacial score (nSPS) is 17.4. The largest absolute Gasteiger partial charge is 0.223 e. The highest BCUT2D eigenvalue weighted by Crippen LogP contribution is 2.29. The Bertz CT molecular complexity index is 657. The third-order valence-electron chi connectivity index (χ3n) is 3.53. The van der Waals surface area contributed by atoms with Crippen molar-refractivity contribution >= 4 is 19.9 Å². The number of hydrogen-bond acceptors (Lipinski definition) is 4. The second kappa shape index (κ2) is 5.83. The first-order chi connectivity index (χ1) is 9.29. The van der Waals surface area contributed by atoms with Crippen LogP contribution in [-0.2, 0) is 26.4 Å². The van der Waals surface area contributed by atoms with E-state index in [0.717, 1.165) is 37.5 Å². The van der Waals surface area contributed by atoms with Gasteiger partial charge in [0, 0.05) is 6.54 Å². The van der Waals surface area contributed by atoms with E-state index in [2.05, 4.69) is 4.72 Å². The molecular weight excluding hydrogens is 298 g/mol. The Kier molecular flexibility index (Phi) is 4.51. The summed E-state index contributed by atoms with van der Waals surface area (Å²) < 4.78 is 49.1. The molecule has 1 saturated carbocycles. The molecule has 0 bridgehead atoms. The van der Waals surface area contributed by atoms with Crippen LogP contribution in [0.4, 0.5) is 0 Å². The average Bonchev–Trinajstić information content (AvgIpc) is 2.90. The Morgan fingerprint density at radius 2 is 1.60 bits per heavy atom. The zero-order chi connectivity index (χ0) is 14.8. The molecule has 0 saturated heterocycles. The minimum Gasteiger partial charge on any atom is -0.223 e. The Balaban J connectivity index is 2.11. The van der Waals surface area contributed by atoms with E-state index in [1.165, 1.54) is 0 Å². The monoisotopic (exact) mass is 317 g/mol. The van der Waals surface area contributed by atoms with Crippen LogP contribution in [-0.4, -0.2) is 28.3 Å². The molecule has 0 aromatic heterocycles. The molecular formula is C13H19NO4S2. The maximum atomic E-state index is 12.4. The lowest BCUT2D eigenvalue weighted by atomic mass is 10.2. The molecule has 20 heavy (non-hydrogen) atoms. The summed E-state index contributed by atoms with van der Waals surface area (Å²) >= 11 is 0. The van der Waals surface area contributed by atoms with Crippen LogP contribution < -0.4 is 4.72 Å². The van der Waals surface area contributed by atoms with Gasteiger partial charge >= 0.3 is 0 Å². The standard InChI is InChI=1S/C13H19NO4S2/c1-19(15,16)14-10-11-6-8-13(9-7-11)20(17,18)12-4-2-3-5-12/h6-9,12,14H,2-5,10H2,1H3. The fourth-order valence-corrected chi connectivity index (χ4v) is 4.69. The first-order valence-electron chi connectivity index (χ1n) is 6.56. The van der Waals surface area contributed by atoms with Gasteiger partial charge in [0.25, 0.3) is 0 Å². The van der Waals surface area contributed by atoms with Crippen molar-refractivity contribution < 1.29 is 16.8 Å². The summed E-state index contributed by atoms with van der Waals surface area (Å²) in [5.41, 5.74) is 0.737. The van der Waals surface area contributed by atoms with Gasteiger partial charge in [-0.15, -0.1) is 0 Å². The molecule has 0 aliphatic heterocycles. The van der Waals surface area contributed by atoms with Crippen LogP contribution in [0.15, 0.2) is 29.2 Å². The molecule has 5 nitrogen and oxygen atoms in total. The number of sulfone groups is 1. The van der Waals surface area contributed by atoms with Gasteiger partial charge in [0.2, 0.25) is 10.0 Å². The van der Waals surface area contributed by atoms with E-state index < -0.39 is 19.9 Å². The Morgan fingerprint density at radius 1 is 1.05 bits per heavy atom. The summed E-state index contributed by atoms with van der Waals surface area (Å²) in [6.45, 7) is 0.169. The van der Waals surface area contributed by atoms with Crippen molar-refractivity contribution in [3.05, 3.63) is 29.8 Å². The van der Waals surface area contributed by atoms with E-state index in [9.17, 15) is 16.8 Å². The number of nitrogens with one attached hydrogen (secondary N) is 1. The highest BCUT2D eigenvalue weighted by Gasteiger charge is 2.29. The molecule has 1 aromatic rings. The van der Waals surface area contributed by atoms with Crippen molar-refractivity contribution in [3.8, 4) is 0 Å². The van der Waals surface area contributed by atoms with Gasteiger partial charge in [-0.25, -0.2) is 21.6 Å². The topological polar surface area (TPSA) is 80.3 Å². The SMILES string of the molecule is CS(=O)(=O)NCc1ccc(S(=O)(=O)C2CCCC2)cc1. The summed E-state index contributed by atoms with van der Waals surface area (Å²) in [6.07, 6.45) is 4.51. The van der Waals surface area contributed by atoms with Crippen molar-refractivity contribution in [2.75, 3.05) is 6.26 Å². The molecule has 1 N–H and O–H groups in total. The van der Waals surface area contributed by atoms with E-state index in [-0.39, 0.29) is 11.8 Å². The van der Waals surface area contributed by atoms with Crippen molar-refractivity contribution in [1.29, 1.82) is 0 Å². The summed E-state index contributed by atoms with van der Waals surface area (Å²) in [6, 6.07) is 6.43. The average molecular weight is 317 g/mol. The third kappa shape index (κ3) is 3.80. The smallest absolute Gasteiger partial charge is 0.209 e. The molecule has 1 fully saturated rings. The van der Waals surface area contributed by atoms with Gasteiger partial charge in [-0.2, -0.15) is 0 Å². The molecule has 1 aliphatic rings. The first kappa shape index (κ1) is 15.5. The van der Waals surface area contributed by atoms with Crippen LogP contribution in [0, 0.1) is 0 Å². The fourth-order valence-electron chi connectivity index (χ4n) is 2.40. The molecule has 0 unspecified atom stereocenters. The van der Waals surface area contributed by atoms with Crippen molar-refractivity contribution in [2.24, 2.45) is 0 Å². The van der Waals surface area contributed by atoms with E-state index >= 15 is 0 Å². The Labute approximate surface area is 120 Å². The minimum absolute atomic E-state index is 0.169. The van der Waals surface area contributed by atoms with Crippen LogP contribution in [0.25, 0.3) is 0 Å². The first-order valence-corrected chi connectivity index (χ1v) is 10.0. The van der Waals surface area contributed by atoms with E-state index in [1.807, 2.05) is 0 Å². The van der Waals surface area contributed by atoms with Gasteiger partial charge in [-0.05, 0) is 30.5 Å². The van der Waals surface area contributed by atoms with Gasteiger partial charge in [-0.3, -0.25) is 0 Å². The second-order valence-electron chi connectivity index (χ2n) is 5.19. The molecule has 1 aromatic carbocycles. The van der Waals surface area contributed by atoms with Gasteiger partial charge in [0.15, 0.2) is 9.84 Å². The third-order valence-corrected chi connectivity index (χ3v) is 6.48. The quantitative estimate of drug-likeness (QED) is 0.891. The molecule has 7 heteroatoms. The Hall–Kier alpha value is -0.920. The van der Waals surface area contributed by atoms with Gasteiger partial charge in [0.1, 0.15) is 0 Å². The van der Waals surface area contributed by atoms with Gasteiger partial charge < -0.3 is 0 Å². The number of hydrogen-bond donors (Lipinski definition) is 1. The van der Waals surface area contributed by atoms with Gasteiger partial charge in [-0.1, -0.05) is 25.0 Å². The van der Waals surface area contributed by atoms with E-state index in [1.54, 1.807) is 24.3 Å². The maximum absolute atomic E-state index is 12.4. The highest BCUT2D eigenvalue weighted by molar-refractivity contribution is 7.92. The number of benzene rings is 1. The van der Waals surface area contributed by atoms with Crippen LogP contribution in [0.3, 0.4) is 0 Å². The summed E-state index contributed by atoms with van der Waals surface area (Å²) in [7, 11) is -6.48. The van der Waals surface area contributed by atoms with Crippen molar-refractivity contribution in [3.63, 3.8) is 0 Å². The highest BCUT2D eigenvalue weighted by atomic mass is 32.2. The van der Waals surface area contributed by atoms with E-state index in [0.29, 0.717) is 4.90 Å². The van der Waals surface area contributed by atoms with Crippen LogP contribution >= 0.6 is 0 Å². The predicted octanol–water partition coefficient (Wildman–Crippen LogP) is 1.45. The van der Waals surface area contributed by atoms with Gasteiger partial charge in [0.05, 0.1) is 16.4 Å². The maximum Gasteiger partial charge on any atom is 0.209 e. The molecule has 0 heterocycles. The van der Waals surface area contributed by atoms with Crippen LogP contribution in [0.2, 0.25) is 0 Å². The lowest BCUT2D eigenvalue weighted by molar-refractivity contribution is 0.579. The summed E-state index contributed by atoms with van der Waals surface area (Å²) in [4.78, 5) is 0.326. The number of sulfonamides is 1. The number of rotatable bonds is 5. The predicted molar refractivity (Wildman–Crippen MR) is 77.6 cm³/mol. The van der Waals surface area contributed by atoms with Crippen LogP contribution in [0.1, 0.15) is 31.2 Å². The van der Waals surface area contributed by atoms with Crippen LogP contribution in [0.5, 0.6) is 0 Å². The lowest BCUT2D eigenvalue weighted by Gasteiger charge is -2.11. The Morgan fingerprint density at radius 3 is 2.10 bits per heavy atom. The minimum atomic E-state index is -3.24. The molecule has 0 atom stereocenters. The molecule has 0 spiro atoms. The zero-order valence-electron chi connectivity index (χ0n) is 11.4. The summed E-state index contributed by atoms with van der Waals surface area (Å²) in [5.74, 6) is 0. The van der Waals surface area contributed by atoms with Crippen molar-refractivity contribution in [1.82, 2.24) is 4.72 Å². The molecule has 2 rings (SSSR count). The molecule has 1 aliphatic carbocycles. The zero-order valence-corrected chi connectivity index (χ0v) is 13.0. The molecule has 0 amide bonds. The summed E-state index contributed by atoms with van der Waals surface area (Å²) in [5, 5.41) is -0.262. The van der Waals surface area contributed by atoms with E-state index in [4.69, 9.17) is 0 Å². The lowest BCUT2D eigenvalue weighted by Crippen LogP contribution is -2.21. The molecule has 0 radical (unpaired) electrons. The fraction of sp³-hybridized carbons (Fsp3) is 0.538. The van der Waals surface area contributed by atoms with Crippen molar-refractivity contribution in [2.45, 2.75) is 42.4 Å².